The van der Waals surface area contributed by atoms with Gasteiger partial charge in [0.15, 0.2) is 0 Å². The van der Waals surface area contributed by atoms with Gasteiger partial charge < -0.3 is 15.6 Å². The van der Waals surface area contributed by atoms with Crippen molar-refractivity contribution < 1.29 is 4.79 Å². The van der Waals surface area contributed by atoms with Crippen LogP contribution in [0.15, 0.2) is 36.9 Å². The summed E-state index contributed by atoms with van der Waals surface area (Å²) in [4.78, 5) is 15.9. The molecule has 0 aliphatic rings. The maximum atomic E-state index is 12.0. The van der Waals surface area contributed by atoms with E-state index in [4.69, 9.17) is 17.3 Å². The highest BCUT2D eigenvalue weighted by Crippen LogP contribution is 2.28. The van der Waals surface area contributed by atoms with Crippen LogP contribution >= 0.6 is 11.6 Å². The first kappa shape index (κ1) is 14.6. The second-order valence-corrected chi connectivity index (χ2v) is 4.93. The van der Waals surface area contributed by atoms with Crippen molar-refractivity contribution in [1.82, 2.24) is 9.55 Å². The predicted molar refractivity (Wildman–Crippen MR) is 80.1 cm³/mol. The molecule has 2 aromatic rings. The van der Waals surface area contributed by atoms with E-state index in [2.05, 4.69) is 10.3 Å². The first-order chi connectivity index (χ1) is 9.61. The van der Waals surface area contributed by atoms with E-state index in [0.717, 1.165) is 6.42 Å². The van der Waals surface area contributed by atoms with Gasteiger partial charge in [-0.05, 0) is 18.6 Å². The van der Waals surface area contributed by atoms with Crippen LogP contribution < -0.4 is 11.1 Å². The van der Waals surface area contributed by atoms with Crippen LogP contribution in [0, 0.1) is 0 Å². The molecule has 0 saturated carbocycles. The van der Waals surface area contributed by atoms with Crippen LogP contribution in [0.25, 0.3) is 5.69 Å². The Balaban J connectivity index is 2.24. The molecule has 0 bridgehead atoms. The lowest BCUT2D eigenvalue weighted by Gasteiger charge is -2.14. The largest absolute Gasteiger partial charge is 0.327 e. The average molecular weight is 293 g/mol. The Morgan fingerprint density at radius 1 is 1.55 bits per heavy atom. The Labute approximate surface area is 122 Å². The molecule has 1 heterocycles. The van der Waals surface area contributed by atoms with Crippen molar-refractivity contribution in [2.45, 2.75) is 25.8 Å². The van der Waals surface area contributed by atoms with Crippen molar-refractivity contribution in [2.24, 2.45) is 5.73 Å². The predicted octanol–water partition coefficient (Wildman–Crippen LogP) is 2.59. The maximum absolute atomic E-state index is 12.0. The molecular formula is C14H17ClN4O. The van der Waals surface area contributed by atoms with Crippen LogP contribution in [0.3, 0.4) is 0 Å². The van der Waals surface area contributed by atoms with Gasteiger partial charge in [-0.25, -0.2) is 4.98 Å². The maximum Gasteiger partial charge on any atom is 0.225 e. The van der Waals surface area contributed by atoms with Crippen molar-refractivity contribution in [3.05, 3.63) is 41.9 Å². The van der Waals surface area contributed by atoms with Gasteiger partial charge in [-0.3, -0.25) is 4.79 Å². The third-order valence-corrected chi connectivity index (χ3v) is 3.30. The van der Waals surface area contributed by atoms with E-state index in [1.165, 1.54) is 0 Å². The molecule has 106 valence electrons. The Hall–Kier alpha value is -1.85. The van der Waals surface area contributed by atoms with E-state index < -0.39 is 0 Å². The highest BCUT2D eigenvalue weighted by atomic mass is 35.5. The van der Waals surface area contributed by atoms with Crippen molar-refractivity contribution in [3.8, 4) is 5.69 Å². The molecule has 1 aromatic heterocycles. The number of nitrogens with zero attached hydrogens (tertiary/aromatic N) is 2. The van der Waals surface area contributed by atoms with Crippen molar-refractivity contribution in [3.63, 3.8) is 0 Å². The van der Waals surface area contributed by atoms with Gasteiger partial charge in [0.1, 0.15) is 0 Å². The summed E-state index contributed by atoms with van der Waals surface area (Å²) in [7, 11) is 0. The zero-order valence-corrected chi connectivity index (χ0v) is 12.0. The second kappa shape index (κ2) is 6.54. The van der Waals surface area contributed by atoms with Crippen molar-refractivity contribution in [1.29, 1.82) is 0 Å². The molecule has 0 fully saturated rings. The first-order valence-electron chi connectivity index (χ1n) is 6.44. The highest BCUT2D eigenvalue weighted by molar-refractivity contribution is 6.33. The molecular weight excluding hydrogens is 276 g/mol. The molecule has 0 radical (unpaired) electrons. The van der Waals surface area contributed by atoms with Gasteiger partial charge in [0.2, 0.25) is 5.91 Å². The molecule has 6 heteroatoms. The fraction of sp³-hybridized carbons (Fsp3) is 0.286. The normalized spacial score (nSPS) is 12.2. The van der Waals surface area contributed by atoms with E-state index in [1.807, 2.05) is 6.92 Å². The number of hydrogen-bond donors (Lipinski definition) is 2. The summed E-state index contributed by atoms with van der Waals surface area (Å²) in [6, 6.07) is 5.23. The van der Waals surface area contributed by atoms with E-state index in [1.54, 1.807) is 41.5 Å². The van der Waals surface area contributed by atoms with E-state index in [9.17, 15) is 4.79 Å². The summed E-state index contributed by atoms with van der Waals surface area (Å²) in [5, 5.41) is 3.40. The number of para-hydroxylation sites is 1. The molecule has 0 spiro atoms. The van der Waals surface area contributed by atoms with Gasteiger partial charge in [-0.1, -0.05) is 24.6 Å². The molecule has 0 aliphatic heterocycles. The fourth-order valence-corrected chi connectivity index (χ4v) is 2.13. The first-order valence-corrected chi connectivity index (χ1v) is 6.82. The molecule has 3 N–H and O–H groups in total. The molecule has 1 atom stereocenters. The summed E-state index contributed by atoms with van der Waals surface area (Å²) in [6.07, 6.45) is 6.11. The summed E-state index contributed by atoms with van der Waals surface area (Å²) in [6.45, 7) is 1.95. The third-order valence-electron chi connectivity index (χ3n) is 3.00. The van der Waals surface area contributed by atoms with Gasteiger partial charge in [0.05, 0.1) is 22.7 Å². The topological polar surface area (TPSA) is 72.9 Å². The van der Waals surface area contributed by atoms with Crippen LogP contribution in [0.2, 0.25) is 5.02 Å². The number of carbonyl (C=O) groups excluding carboxylic acids is 1. The molecule has 0 saturated heterocycles. The quantitative estimate of drug-likeness (QED) is 0.889. The van der Waals surface area contributed by atoms with Gasteiger partial charge >= 0.3 is 0 Å². The van der Waals surface area contributed by atoms with Crippen LogP contribution in [0.1, 0.15) is 19.8 Å². The fourth-order valence-electron chi connectivity index (χ4n) is 1.85. The minimum absolute atomic E-state index is 0.122. The molecule has 5 nitrogen and oxygen atoms in total. The SMILES string of the molecule is CCC(N)CC(=O)Nc1cccc(Cl)c1-n1ccnc1. The summed E-state index contributed by atoms with van der Waals surface area (Å²) in [5.74, 6) is -0.122. The van der Waals surface area contributed by atoms with Gasteiger partial charge in [-0.15, -0.1) is 0 Å². The van der Waals surface area contributed by atoms with Gasteiger partial charge in [0.25, 0.3) is 0 Å². The number of anilines is 1. The number of rotatable bonds is 5. The van der Waals surface area contributed by atoms with Crippen LogP contribution in [-0.4, -0.2) is 21.5 Å². The third kappa shape index (κ3) is 3.37. The van der Waals surface area contributed by atoms with Gasteiger partial charge in [0, 0.05) is 24.9 Å². The number of amides is 1. The zero-order valence-electron chi connectivity index (χ0n) is 11.2. The molecule has 20 heavy (non-hydrogen) atoms. The number of nitrogens with two attached hydrogens (primary N) is 1. The zero-order chi connectivity index (χ0) is 14.5. The number of carbonyl (C=O) groups is 1. The minimum Gasteiger partial charge on any atom is -0.327 e. The standard InChI is InChI=1S/C14H17ClN4O/c1-2-10(16)8-13(20)18-12-5-3-4-11(15)14(12)19-7-6-17-9-19/h3-7,9-10H,2,8,16H2,1H3,(H,18,20). The molecule has 1 aromatic carbocycles. The van der Waals surface area contributed by atoms with Crippen molar-refractivity contribution >= 4 is 23.2 Å². The molecule has 0 aliphatic carbocycles. The lowest BCUT2D eigenvalue weighted by atomic mass is 10.1. The van der Waals surface area contributed by atoms with E-state index in [0.29, 0.717) is 16.4 Å². The number of nitrogens with one attached hydrogen (secondary N) is 1. The van der Waals surface area contributed by atoms with Crippen LogP contribution in [0.4, 0.5) is 5.69 Å². The van der Waals surface area contributed by atoms with Gasteiger partial charge in [-0.2, -0.15) is 0 Å². The molecule has 1 amide bonds. The minimum atomic E-state index is -0.133. The smallest absolute Gasteiger partial charge is 0.225 e. The Bertz CT molecular complexity index is 583. The summed E-state index contributed by atoms with van der Waals surface area (Å²) in [5.41, 5.74) is 7.13. The molecule has 2 rings (SSSR count). The van der Waals surface area contributed by atoms with E-state index in [-0.39, 0.29) is 18.4 Å². The van der Waals surface area contributed by atoms with Crippen molar-refractivity contribution in [2.75, 3.05) is 5.32 Å². The van der Waals surface area contributed by atoms with E-state index >= 15 is 0 Å². The number of benzene rings is 1. The summed E-state index contributed by atoms with van der Waals surface area (Å²) < 4.78 is 1.76. The highest BCUT2D eigenvalue weighted by Gasteiger charge is 2.13. The number of halogens is 1. The number of aromatic nitrogens is 2. The molecule has 1 unspecified atom stereocenters. The van der Waals surface area contributed by atoms with Crippen LogP contribution in [-0.2, 0) is 4.79 Å². The summed E-state index contributed by atoms with van der Waals surface area (Å²) >= 11 is 6.21. The lowest BCUT2D eigenvalue weighted by molar-refractivity contribution is -0.116. The lowest BCUT2D eigenvalue weighted by Crippen LogP contribution is -2.26. The number of hydrogen-bond acceptors (Lipinski definition) is 3. The monoisotopic (exact) mass is 292 g/mol. The Morgan fingerprint density at radius 3 is 3.00 bits per heavy atom. The average Bonchev–Trinajstić information content (AvgIpc) is 2.92. The van der Waals surface area contributed by atoms with Crippen LogP contribution in [0.5, 0.6) is 0 Å². The number of imidazole rings is 1. The Kier molecular flexibility index (Phi) is 4.76. The Morgan fingerprint density at radius 2 is 2.35 bits per heavy atom. The second-order valence-electron chi connectivity index (χ2n) is 4.53.